The molecule has 2 saturated carbocycles. The van der Waals surface area contributed by atoms with Crippen LogP contribution in [0.5, 0.6) is 0 Å². The summed E-state index contributed by atoms with van der Waals surface area (Å²) in [6, 6.07) is 4.22. The van der Waals surface area contributed by atoms with Gasteiger partial charge >= 0.3 is 6.18 Å². The average molecular weight is 513 g/mol. The molecule has 2 atom stereocenters. The lowest BCUT2D eigenvalue weighted by atomic mass is 9.95. The first-order valence-electron chi connectivity index (χ1n) is 12.7. The Kier molecular flexibility index (Phi) is 5.03. The van der Waals surface area contributed by atoms with E-state index >= 15 is 0 Å². The van der Waals surface area contributed by atoms with Gasteiger partial charge in [-0.2, -0.15) is 13.2 Å². The van der Waals surface area contributed by atoms with Crippen molar-refractivity contribution in [1.82, 2.24) is 35.1 Å². The number of hydrogen-bond donors (Lipinski definition) is 2. The van der Waals surface area contributed by atoms with Gasteiger partial charge in [-0.3, -0.25) is 20.0 Å². The number of alkyl halides is 3. The molecule has 7 rings (SSSR count). The number of nitrogens with zero attached hydrogens (tertiary/aromatic N) is 6. The van der Waals surface area contributed by atoms with Crippen molar-refractivity contribution in [3.8, 4) is 11.5 Å². The Morgan fingerprint density at radius 2 is 1.89 bits per heavy atom. The Morgan fingerprint density at radius 3 is 2.62 bits per heavy atom. The lowest BCUT2D eigenvalue weighted by molar-refractivity contribution is -0.138. The van der Waals surface area contributed by atoms with Crippen LogP contribution in [0, 0.1) is 17.3 Å². The molecule has 0 bridgehead atoms. The zero-order valence-electron chi connectivity index (χ0n) is 20.1. The predicted molar refractivity (Wildman–Crippen MR) is 128 cm³/mol. The Morgan fingerprint density at radius 1 is 1.08 bits per heavy atom. The molecule has 4 aliphatic rings. The monoisotopic (exact) mass is 512 g/mol. The van der Waals surface area contributed by atoms with Crippen LogP contribution in [0.4, 0.5) is 19.0 Å². The number of aromatic nitrogens is 4. The van der Waals surface area contributed by atoms with Crippen LogP contribution in [-0.2, 0) is 11.0 Å². The summed E-state index contributed by atoms with van der Waals surface area (Å²) >= 11 is 0. The van der Waals surface area contributed by atoms with E-state index in [-0.39, 0.29) is 17.9 Å². The van der Waals surface area contributed by atoms with Crippen molar-refractivity contribution in [2.75, 3.05) is 37.6 Å². The Hall–Kier alpha value is -3.25. The highest BCUT2D eigenvalue weighted by atomic mass is 19.4. The van der Waals surface area contributed by atoms with Crippen molar-refractivity contribution in [2.45, 2.75) is 31.5 Å². The normalized spacial score (nSPS) is 25.3. The number of carbonyl (C=O) groups excluding carboxylic acids is 1. The van der Waals surface area contributed by atoms with Crippen LogP contribution in [0.15, 0.2) is 36.8 Å². The van der Waals surface area contributed by atoms with E-state index in [2.05, 4.69) is 30.6 Å². The van der Waals surface area contributed by atoms with Crippen LogP contribution in [0.2, 0.25) is 0 Å². The summed E-state index contributed by atoms with van der Waals surface area (Å²) in [5.74, 6) is 1.75. The van der Waals surface area contributed by atoms with E-state index < -0.39 is 11.7 Å². The molecule has 194 valence electrons. The number of hydrogen-bond acceptors (Lipinski definition) is 7. The topological polar surface area (TPSA) is 90.7 Å². The van der Waals surface area contributed by atoms with E-state index in [1.54, 1.807) is 6.20 Å². The van der Waals surface area contributed by atoms with E-state index in [1.807, 2.05) is 6.07 Å². The zero-order chi connectivity index (χ0) is 25.4. The smallest absolute Gasteiger partial charge is 0.353 e. The number of fused-ring (bicyclic) bond motifs is 1. The summed E-state index contributed by atoms with van der Waals surface area (Å²) in [6.45, 7) is 3.47. The molecule has 12 heteroatoms. The van der Waals surface area contributed by atoms with Crippen molar-refractivity contribution in [2.24, 2.45) is 17.3 Å². The third kappa shape index (κ3) is 3.93. The maximum Gasteiger partial charge on any atom is 0.417 e. The fourth-order valence-electron chi connectivity index (χ4n) is 6.02. The lowest BCUT2D eigenvalue weighted by Gasteiger charge is -2.44. The fourth-order valence-corrected chi connectivity index (χ4v) is 6.02. The van der Waals surface area contributed by atoms with Gasteiger partial charge in [0.1, 0.15) is 17.2 Å². The molecule has 3 aromatic rings. The molecule has 2 unspecified atom stereocenters. The summed E-state index contributed by atoms with van der Waals surface area (Å²) in [4.78, 5) is 31.0. The molecule has 4 fully saturated rings. The summed E-state index contributed by atoms with van der Waals surface area (Å²) < 4.78 is 41.3. The Bertz CT molecular complexity index is 1360. The molecule has 2 aliphatic heterocycles. The third-order valence-electron chi connectivity index (χ3n) is 8.51. The maximum atomic E-state index is 13.4. The predicted octanol–water partition coefficient (Wildman–Crippen LogP) is 2.35. The Labute approximate surface area is 211 Å². The van der Waals surface area contributed by atoms with Crippen LogP contribution in [0.1, 0.15) is 24.8 Å². The standard InChI is InChI=1S/C25H27F3N8O/c26-25(27,28)16-1-2-20-30-12-18(36(20)13-16)22-29-6-3-21(33-22)34-7-8-35(19(14-34)15-10-31-32-11-15)23(37)17-9-24(17)4-5-24/h1-3,6,12-13,15,17,19,31-32H,4-5,7-11,14H2. The number of imidazole rings is 1. The second-order valence-electron chi connectivity index (χ2n) is 10.7. The number of nitrogens with one attached hydrogen (secondary N) is 2. The third-order valence-corrected chi connectivity index (χ3v) is 8.51. The minimum absolute atomic E-state index is 0.0451. The molecule has 0 radical (unpaired) electrons. The number of hydrazine groups is 1. The molecule has 9 nitrogen and oxygen atoms in total. The number of rotatable bonds is 4. The van der Waals surface area contributed by atoms with Gasteiger partial charge in [0.2, 0.25) is 5.91 Å². The summed E-state index contributed by atoms with van der Waals surface area (Å²) in [5, 5.41) is 0. The first kappa shape index (κ1) is 22.9. The Balaban J connectivity index is 1.17. The van der Waals surface area contributed by atoms with E-state index in [0.717, 1.165) is 31.8 Å². The van der Waals surface area contributed by atoms with Crippen molar-refractivity contribution in [1.29, 1.82) is 0 Å². The van der Waals surface area contributed by atoms with Gasteiger partial charge in [0.15, 0.2) is 5.82 Å². The summed E-state index contributed by atoms with van der Waals surface area (Å²) in [7, 11) is 0. The van der Waals surface area contributed by atoms with Crippen molar-refractivity contribution in [3.63, 3.8) is 0 Å². The van der Waals surface area contributed by atoms with Crippen LogP contribution in [-0.4, -0.2) is 68.9 Å². The SMILES string of the molecule is O=C(C1CC12CC2)N1CCN(c2ccnc(-c3cnc4ccc(C(F)(F)F)cn34)n2)CC1C1CNNC1. The molecule has 2 aliphatic carbocycles. The largest absolute Gasteiger partial charge is 0.417 e. The number of pyridine rings is 1. The van der Waals surface area contributed by atoms with Gasteiger partial charge < -0.3 is 9.80 Å². The van der Waals surface area contributed by atoms with Gasteiger partial charge in [-0.05, 0) is 42.9 Å². The number of piperazine rings is 1. The molecule has 37 heavy (non-hydrogen) atoms. The first-order chi connectivity index (χ1) is 17.8. The van der Waals surface area contributed by atoms with Crippen molar-refractivity contribution in [3.05, 3.63) is 42.4 Å². The minimum atomic E-state index is -4.46. The highest BCUT2D eigenvalue weighted by Crippen LogP contribution is 2.71. The van der Waals surface area contributed by atoms with E-state index in [0.29, 0.717) is 53.9 Å². The zero-order valence-corrected chi connectivity index (χ0v) is 20.1. The quantitative estimate of drug-likeness (QED) is 0.555. The van der Waals surface area contributed by atoms with Crippen molar-refractivity contribution < 1.29 is 18.0 Å². The molecule has 5 heterocycles. The number of anilines is 1. The summed E-state index contributed by atoms with van der Waals surface area (Å²) in [5.41, 5.74) is 6.72. The van der Waals surface area contributed by atoms with Crippen LogP contribution in [0.25, 0.3) is 17.2 Å². The molecule has 1 amide bonds. The second kappa shape index (κ2) is 8.12. The highest BCUT2D eigenvalue weighted by molar-refractivity contribution is 5.84. The van der Waals surface area contributed by atoms with Gasteiger partial charge in [0.05, 0.1) is 17.8 Å². The van der Waals surface area contributed by atoms with Crippen LogP contribution in [0.3, 0.4) is 0 Å². The van der Waals surface area contributed by atoms with Gasteiger partial charge in [-0.15, -0.1) is 0 Å². The second-order valence-corrected chi connectivity index (χ2v) is 10.7. The van der Waals surface area contributed by atoms with E-state index in [4.69, 9.17) is 4.98 Å². The number of halogens is 3. The molecular formula is C25H27F3N8O. The molecule has 2 N–H and O–H groups in total. The molecule has 0 aromatic carbocycles. The van der Waals surface area contributed by atoms with Crippen LogP contribution >= 0.6 is 0 Å². The number of carbonyl (C=O) groups is 1. The lowest BCUT2D eigenvalue weighted by Crippen LogP contribution is -2.59. The molecular weight excluding hydrogens is 485 g/mol. The van der Waals surface area contributed by atoms with E-state index in [1.165, 1.54) is 29.5 Å². The van der Waals surface area contributed by atoms with Crippen LogP contribution < -0.4 is 15.8 Å². The maximum absolute atomic E-state index is 13.4. The van der Waals surface area contributed by atoms with Gasteiger partial charge in [0.25, 0.3) is 0 Å². The fraction of sp³-hybridized carbons (Fsp3) is 0.520. The number of amides is 1. The van der Waals surface area contributed by atoms with Crippen molar-refractivity contribution >= 4 is 17.4 Å². The minimum Gasteiger partial charge on any atom is -0.353 e. The van der Waals surface area contributed by atoms with Gasteiger partial charge in [-0.1, -0.05) is 0 Å². The highest BCUT2D eigenvalue weighted by Gasteiger charge is 2.66. The first-order valence-corrected chi connectivity index (χ1v) is 12.7. The molecule has 3 aromatic heterocycles. The molecule has 1 spiro atoms. The summed E-state index contributed by atoms with van der Waals surface area (Å²) in [6.07, 6.45) is 3.07. The van der Waals surface area contributed by atoms with Gasteiger partial charge in [0, 0.05) is 57.0 Å². The van der Waals surface area contributed by atoms with E-state index in [9.17, 15) is 18.0 Å². The molecule has 2 saturated heterocycles. The average Bonchev–Trinajstić information content (AvgIpc) is 3.67. The van der Waals surface area contributed by atoms with Gasteiger partial charge in [-0.25, -0.2) is 15.0 Å².